The molecule has 1 heterocycles. The highest BCUT2D eigenvalue weighted by molar-refractivity contribution is 5.73. The molecule has 24 heavy (non-hydrogen) atoms. The van der Waals surface area contributed by atoms with Crippen molar-refractivity contribution in [2.24, 2.45) is 5.73 Å². The van der Waals surface area contributed by atoms with Gasteiger partial charge in [0.25, 0.3) is 0 Å². The number of benzene rings is 1. The van der Waals surface area contributed by atoms with Crippen LogP contribution in [0.2, 0.25) is 0 Å². The fourth-order valence-electron chi connectivity index (χ4n) is 1.67. The maximum atomic E-state index is 10.6. The summed E-state index contributed by atoms with van der Waals surface area (Å²) >= 11 is 0. The van der Waals surface area contributed by atoms with Gasteiger partial charge >= 0.3 is 12.1 Å². The van der Waals surface area contributed by atoms with Gasteiger partial charge in [-0.05, 0) is 24.6 Å². The molecule has 0 aliphatic rings. The summed E-state index contributed by atoms with van der Waals surface area (Å²) in [6.45, 7) is 3.60. The van der Waals surface area contributed by atoms with E-state index in [2.05, 4.69) is 34.5 Å². The molecule has 132 valence electrons. The minimum atomic E-state index is -5.08. The summed E-state index contributed by atoms with van der Waals surface area (Å²) in [4.78, 5) is 12.8. The van der Waals surface area contributed by atoms with Crippen LogP contribution in [0.5, 0.6) is 0 Å². The molecule has 0 radical (unpaired) electrons. The van der Waals surface area contributed by atoms with E-state index < -0.39 is 12.1 Å². The number of halogens is 3. The van der Waals surface area contributed by atoms with Gasteiger partial charge in [-0.3, -0.25) is 0 Å². The molecule has 0 saturated heterocycles. The highest BCUT2D eigenvalue weighted by atomic mass is 19.4. The zero-order chi connectivity index (χ0) is 18.2. The molecule has 0 spiro atoms. The predicted octanol–water partition coefficient (Wildman–Crippen LogP) is 1.51. The molecule has 7 nitrogen and oxygen atoms in total. The van der Waals surface area contributed by atoms with Gasteiger partial charge in [-0.2, -0.15) is 18.3 Å². The first-order chi connectivity index (χ1) is 11.3. The van der Waals surface area contributed by atoms with E-state index in [1.807, 2.05) is 12.1 Å². The molecular weight excluding hydrogens is 327 g/mol. The molecule has 1 aromatic heterocycles. The van der Waals surface area contributed by atoms with Gasteiger partial charge in [-0.25, -0.2) is 14.5 Å². The van der Waals surface area contributed by atoms with Crippen LogP contribution >= 0.6 is 0 Å². The number of nitrogens with zero attached hydrogens (tertiary/aromatic N) is 3. The molecule has 10 heteroatoms. The summed E-state index contributed by atoms with van der Waals surface area (Å²) in [5, 5.41) is 14.6. The zero-order valence-electron chi connectivity index (χ0n) is 12.9. The first kappa shape index (κ1) is 19.6. The smallest absolute Gasteiger partial charge is 0.475 e. The van der Waals surface area contributed by atoms with E-state index in [-0.39, 0.29) is 0 Å². The Hall–Kier alpha value is -2.46. The summed E-state index contributed by atoms with van der Waals surface area (Å²) in [5.74, 6) is -2.76. The summed E-state index contributed by atoms with van der Waals surface area (Å²) in [7, 11) is 0. The van der Waals surface area contributed by atoms with Crippen LogP contribution in [-0.2, 0) is 4.79 Å². The van der Waals surface area contributed by atoms with Crippen LogP contribution in [0.3, 0.4) is 0 Å². The van der Waals surface area contributed by atoms with Crippen molar-refractivity contribution in [1.29, 1.82) is 0 Å². The molecular formula is C14H18F3N5O2. The number of nitrogens with two attached hydrogens (primary N) is 1. The van der Waals surface area contributed by atoms with Crippen LogP contribution in [-0.4, -0.2) is 45.1 Å². The van der Waals surface area contributed by atoms with Crippen LogP contribution < -0.4 is 11.1 Å². The number of nitrogens with one attached hydrogen (secondary N) is 1. The number of carboxylic acids is 1. The van der Waals surface area contributed by atoms with Crippen LogP contribution in [0, 0.1) is 0 Å². The predicted molar refractivity (Wildman–Crippen MR) is 80.5 cm³/mol. The number of hydrogen-bond donors (Lipinski definition) is 3. The van der Waals surface area contributed by atoms with Crippen molar-refractivity contribution < 1.29 is 23.1 Å². The average Bonchev–Trinajstić information content (AvgIpc) is 3.07. The van der Waals surface area contributed by atoms with E-state index in [0.29, 0.717) is 12.6 Å². The number of carboxylic acid groups (broad SMARTS) is 1. The van der Waals surface area contributed by atoms with Crippen molar-refractivity contribution in [2.75, 3.05) is 13.1 Å². The minimum Gasteiger partial charge on any atom is -0.475 e. The molecule has 0 aliphatic heterocycles. The first-order valence-electron chi connectivity index (χ1n) is 6.94. The lowest BCUT2D eigenvalue weighted by molar-refractivity contribution is -0.192. The molecule has 1 atom stereocenters. The topological polar surface area (TPSA) is 106 Å². The van der Waals surface area contributed by atoms with Crippen LogP contribution in [0.4, 0.5) is 13.2 Å². The van der Waals surface area contributed by atoms with Crippen molar-refractivity contribution in [1.82, 2.24) is 20.1 Å². The average molecular weight is 345 g/mol. The molecule has 0 fully saturated rings. The van der Waals surface area contributed by atoms with E-state index in [1.165, 1.54) is 11.9 Å². The van der Waals surface area contributed by atoms with Crippen LogP contribution in [0.1, 0.15) is 18.5 Å². The van der Waals surface area contributed by atoms with E-state index in [0.717, 1.165) is 12.2 Å². The minimum absolute atomic E-state index is 0.309. The Morgan fingerprint density at radius 3 is 2.38 bits per heavy atom. The standard InChI is InChI=1S/C12H17N5.C2HF3O2/c1-10(15-7-6-13)11-2-4-12(5-3-11)17-9-14-8-16-17;3-2(4,5)1(6)7/h2-5,8-10,15H,6-7,13H2,1H3;(H,6,7). The zero-order valence-corrected chi connectivity index (χ0v) is 12.9. The maximum Gasteiger partial charge on any atom is 0.490 e. The van der Waals surface area contributed by atoms with Gasteiger partial charge in [-0.15, -0.1) is 0 Å². The summed E-state index contributed by atoms with van der Waals surface area (Å²) in [6, 6.07) is 8.55. The normalized spacial score (nSPS) is 12.2. The molecule has 0 saturated carbocycles. The van der Waals surface area contributed by atoms with Crippen molar-refractivity contribution in [3.8, 4) is 5.69 Å². The Balaban J connectivity index is 0.000000351. The van der Waals surface area contributed by atoms with Crippen molar-refractivity contribution in [2.45, 2.75) is 19.1 Å². The second-order valence-electron chi connectivity index (χ2n) is 4.70. The van der Waals surface area contributed by atoms with E-state index >= 15 is 0 Å². The molecule has 1 aromatic carbocycles. The SMILES string of the molecule is CC(NCCN)c1ccc(-n2cncn2)cc1.O=C(O)C(F)(F)F. The van der Waals surface area contributed by atoms with Gasteiger partial charge in [0.1, 0.15) is 12.7 Å². The maximum absolute atomic E-state index is 10.6. The van der Waals surface area contributed by atoms with E-state index in [4.69, 9.17) is 15.6 Å². The lowest BCUT2D eigenvalue weighted by Crippen LogP contribution is -2.25. The van der Waals surface area contributed by atoms with E-state index in [1.54, 1.807) is 11.0 Å². The molecule has 0 aliphatic carbocycles. The van der Waals surface area contributed by atoms with Crippen molar-refractivity contribution >= 4 is 5.97 Å². The quantitative estimate of drug-likeness (QED) is 0.758. The van der Waals surface area contributed by atoms with Crippen molar-refractivity contribution in [3.05, 3.63) is 42.5 Å². The third kappa shape index (κ3) is 6.34. The van der Waals surface area contributed by atoms with Crippen LogP contribution in [0.25, 0.3) is 5.69 Å². The van der Waals surface area contributed by atoms with Gasteiger partial charge in [0.15, 0.2) is 0 Å². The number of alkyl halides is 3. The van der Waals surface area contributed by atoms with Gasteiger partial charge < -0.3 is 16.2 Å². The number of hydrogen-bond acceptors (Lipinski definition) is 5. The van der Waals surface area contributed by atoms with Crippen LogP contribution in [0.15, 0.2) is 36.9 Å². The number of rotatable bonds is 5. The summed E-state index contributed by atoms with van der Waals surface area (Å²) in [6.07, 6.45) is -1.87. The first-order valence-corrected chi connectivity index (χ1v) is 6.94. The highest BCUT2D eigenvalue weighted by Crippen LogP contribution is 2.14. The third-order valence-electron chi connectivity index (χ3n) is 2.91. The largest absolute Gasteiger partial charge is 0.490 e. The number of carbonyl (C=O) groups is 1. The monoisotopic (exact) mass is 345 g/mol. The number of aromatic nitrogens is 3. The Morgan fingerprint density at radius 2 is 1.96 bits per heavy atom. The molecule has 1 unspecified atom stereocenters. The van der Waals surface area contributed by atoms with Gasteiger partial charge in [0, 0.05) is 19.1 Å². The molecule has 2 aromatic rings. The lowest BCUT2D eigenvalue weighted by Gasteiger charge is -2.13. The van der Waals surface area contributed by atoms with Gasteiger partial charge in [0.2, 0.25) is 0 Å². The van der Waals surface area contributed by atoms with Gasteiger partial charge in [0.05, 0.1) is 5.69 Å². The Kier molecular flexibility index (Phi) is 7.33. The third-order valence-corrected chi connectivity index (χ3v) is 2.91. The molecule has 0 bridgehead atoms. The Labute approximate surface area is 136 Å². The molecule has 0 amide bonds. The van der Waals surface area contributed by atoms with Gasteiger partial charge in [-0.1, -0.05) is 12.1 Å². The second-order valence-corrected chi connectivity index (χ2v) is 4.70. The Morgan fingerprint density at radius 1 is 1.38 bits per heavy atom. The fourth-order valence-corrected chi connectivity index (χ4v) is 1.67. The lowest BCUT2D eigenvalue weighted by atomic mass is 10.1. The second kappa shape index (κ2) is 8.99. The number of aliphatic carboxylic acids is 1. The summed E-state index contributed by atoms with van der Waals surface area (Å²) in [5.41, 5.74) is 7.71. The Bertz CT molecular complexity index is 614. The molecule has 4 N–H and O–H groups in total. The highest BCUT2D eigenvalue weighted by Gasteiger charge is 2.38. The van der Waals surface area contributed by atoms with E-state index in [9.17, 15) is 13.2 Å². The fraction of sp³-hybridized carbons (Fsp3) is 0.357. The van der Waals surface area contributed by atoms with Crippen molar-refractivity contribution in [3.63, 3.8) is 0 Å². The molecule has 2 rings (SSSR count). The summed E-state index contributed by atoms with van der Waals surface area (Å²) < 4.78 is 33.5.